The van der Waals surface area contributed by atoms with Crippen LogP contribution in [0, 0.1) is 0 Å². The molecule has 0 saturated carbocycles. The molecule has 3 radical (unpaired) electrons. The molecule has 0 aliphatic carbocycles. The first-order valence-corrected chi connectivity index (χ1v) is 12.7. The summed E-state index contributed by atoms with van der Waals surface area (Å²) in [4.78, 5) is 0. The van der Waals surface area contributed by atoms with Crippen LogP contribution in [0.5, 0.6) is 0 Å². The Morgan fingerprint density at radius 3 is 1.81 bits per heavy atom. The van der Waals surface area contributed by atoms with Gasteiger partial charge in [-0.15, -0.1) is 0 Å². The Hall–Kier alpha value is -2.13. The lowest BCUT2D eigenvalue weighted by atomic mass is 10.0. The fraction of sp³-hybridized carbons (Fsp3) is 0.333. The zero-order valence-electron chi connectivity index (χ0n) is 19.1. The third kappa shape index (κ3) is 4.37. The Morgan fingerprint density at radius 1 is 0.781 bits per heavy atom. The van der Waals surface area contributed by atoms with Crippen molar-refractivity contribution in [3.05, 3.63) is 102 Å². The largest absolute Gasteiger partial charge is 0.324 e. The second-order valence-electron chi connectivity index (χ2n) is 8.70. The summed E-state index contributed by atoms with van der Waals surface area (Å²) in [5.74, 6) is 0. The van der Waals surface area contributed by atoms with Crippen LogP contribution < -0.4 is 4.67 Å². The van der Waals surface area contributed by atoms with E-state index < -0.39 is 8.37 Å². The lowest BCUT2D eigenvalue weighted by Crippen LogP contribution is -2.34. The van der Waals surface area contributed by atoms with Crippen LogP contribution in [0.2, 0.25) is 0 Å². The van der Waals surface area contributed by atoms with E-state index in [0.29, 0.717) is 18.1 Å². The number of nitrogens with zero attached hydrogens (tertiary/aromatic N) is 3. The van der Waals surface area contributed by atoms with Crippen molar-refractivity contribution in [2.75, 3.05) is 17.8 Å². The Balaban J connectivity index is 0.00000245. The van der Waals surface area contributed by atoms with E-state index in [4.69, 9.17) is 0 Å². The van der Waals surface area contributed by atoms with Gasteiger partial charge in [0.2, 0.25) is 0 Å². The first-order valence-electron chi connectivity index (χ1n) is 11.5. The number of anilines is 1. The van der Waals surface area contributed by atoms with Crippen LogP contribution in [-0.2, 0) is 0 Å². The molecule has 2 aliphatic rings. The van der Waals surface area contributed by atoms with E-state index in [-0.39, 0.29) is 8.41 Å². The fourth-order valence-corrected chi connectivity index (χ4v) is 8.29. The summed E-state index contributed by atoms with van der Waals surface area (Å²) in [6.45, 7) is 7.13. The number of fused-ring (bicyclic) bond motifs is 1. The zero-order valence-corrected chi connectivity index (χ0v) is 20.0. The van der Waals surface area contributed by atoms with Gasteiger partial charge >= 0.3 is 0 Å². The average Bonchev–Trinajstić information content (AvgIpc) is 3.43. The van der Waals surface area contributed by atoms with Crippen molar-refractivity contribution in [3.8, 4) is 0 Å². The monoisotopic (exact) mass is 440 g/mol. The molecule has 32 heavy (non-hydrogen) atoms. The summed E-state index contributed by atoms with van der Waals surface area (Å²) in [5, 5.41) is 0. The van der Waals surface area contributed by atoms with E-state index in [1.807, 2.05) is 0 Å². The minimum absolute atomic E-state index is 0. The van der Waals surface area contributed by atoms with Gasteiger partial charge in [-0.2, -0.15) is 0 Å². The summed E-state index contributed by atoms with van der Waals surface area (Å²) in [5.41, 5.74) is 4.14. The molecule has 2 heterocycles. The van der Waals surface area contributed by atoms with Gasteiger partial charge in [0.1, 0.15) is 0 Å². The van der Waals surface area contributed by atoms with Crippen LogP contribution in [0.4, 0.5) is 5.69 Å². The van der Waals surface area contributed by atoms with Crippen LogP contribution in [0.3, 0.4) is 0 Å². The van der Waals surface area contributed by atoms with Gasteiger partial charge in [-0.1, -0.05) is 78.9 Å². The number of hydrogen-bond acceptors (Lipinski definition) is 3. The molecule has 163 valence electrons. The average molecular weight is 440 g/mol. The third-order valence-electron chi connectivity index (χ3n) is 6.79. The molecule has 0 aromatic heterocycles. The maximum atomic E-state index is 2.82. The predicted octanol–water partition coefficient (Wildman–Crippen LogP) is 6.64. The summed E-state index contributed by atoms with van der Waals surface area (Å²) in [7, 11) is -0.615. The predicted molar refractivity (Wildman–Crippen MR) is 138 cm³/mol. The second kappa shape index (κ2) is 10.2. The van der Waals surface area contributed by atoms with Crippen molar-refractivity contribution in [1.82, 2.24) is 9.34 Å². The highest BCUT2D eigenvalue weighted by Crippen LogP contribution is 2.63. The number of rotatable bonds is 6. The highest BCUT2D eigenvalue weighted by molar-refractivity contribution is 7.55. The molecular weight excluding hydrogens is 408 g/mol. The highest BCUT2D eigenvalue weighted by atomic mass is 31.2. The van der Waals surface area contributed by atoms with Gasteiger partial charge in [0.05, 0.1) is 0 Å². The summed E-state index contributed by atoms with van der Waals surface area (Å²) in [6.07, 6.45) is 2.63. The van der Waals surface area contributed by atoms with Crippen molar-refractivity contribution >= 4 is 22.5 Å². The normalized spacial score (nSPS) is 22.4. The molecule has 5 heteroatoms. The zero-order chi connectivity index (χ0) is 21.2. The molecule has 5 rings (SSSR count). The molecule has 3 aromatic carbocycles. The van der Waals surface area contributed by atoms with Gasteiger partial charge in [-0.3, -0.25) is 0 Å². The first kappa shape index (κ1) is 23.0. The lowest BCUT2D eigenvalue weighted by Gasteiger charge is -2.45. The van der Waals surface area contributed by atoms with E-state index >= 15 is 0 Å². The second-order valence-corrected chi connectivity index (χ2v) is 10.7. The molecule has 0 N–H and O–H groups in total. The smallest absolute Gasteiger partial charge is 0.150 e. The van der Waals surface area contributed by atoms with E-state index in [0.717, 1.165) is 6.54 Å². The number of benzene rings is 3. The molecule has 2 saturated heterocycles. The van der Waals surface area contributed by atoms with Gasteiger partial charge in [-0.05, 0) is 49.9 Å². The molecule has 3 nitrogen and oxygen atoms in total. The molecule has 0 bridgehead atoms. The fourth-order valence-electron chi connectivity index (χ4n) is 5.13. The van der Waals surface area contributed by atoms with Crippen molar-refractivity contribution in [1.29, 1.82) is 0 Å². The Labute approximate surface area is 196 Å². The highest BCUT2D eigenvalue weighted by Gasteiger charge is 2.48. The Kier molecular flexibility index (Phi) is 7.35. The lowest BCUT2D eigenvalue weighted by molar-refractivity contribution is 0.279. The van der Waals surface area contributed by atoms with Crippen molar-refractivity contribution in [3.63, 3.8) is 0 Å². The Bertz CT molecular complexity index is 926. The molecule has 2 fully saturated rings. The van der Waals surface area contributed by atoms with Crippen molar-refractivity contribution < 1.29 is 0 Å². The van der Waals surface area contributed by atoms with Crippen molar-refractivity contribution in [2.45, 2.75) is 44.8 Å². The van der Waals surface area contributed by atoms with Gasteiger partial charge in [0.15, 0.2) is 8.37 Å². The minimum Gasteiger partial charge on any atom is -0.324 e. The molecule has 4 atom stereocenters. The first-order chi connectivity index (χ1) is 15.2. The van der Waals surface area contributed by atoms with Crippen LogP contribution in [0.1, 0.15) is 49.9 Å². The Morgan fingerprint density at radius 2 is 1.28 bits per heavy atom. The van der Waals surface area contributed by atoms with Crippen LogP contribution >= 0.6 is 8.37 Å². The topological polar surface area (TPSA) is 9.72 Å². The summed E-state index contributed by atoms with van der Waals surface area (Å²) < 4.78 is 8.33. The van der Waals surface area contributed by atoms with E-state index in [9.17, 15) is 0 Å². The molecule has 0 unspecified atom stereocenters. The number of para-hydroxylation sites is 1. The molecule has 3 aromatic rings. The van der Waals surface area contributed by atoms with Crippen LogP contribution in [0.25, 0.3) is 0 Å². The van der Waals surface area contributed by atoms with Gasteiger partial charge < -0.3 is 4.67 Å². The molecule has 0 spiro atoms. The van der Waals surface area contributed by atoms with Crippen LogP contribution in [0.15, 0.2) is 91.0 Å². The summed E-state index contributed by atoms with van der Waals surface area (Å²) in [6, 6.07) is 34.5. The summed E-state index contributed by atoms with van der Waals surface area (Å²) >= 11 is 0. The van der Waals surface area contributed by atoms with Gasteiger partial charge in [-0.25, -0.2) is 9.34 Å². The van der Waals surface area contributed by atoms with Gasteiger partial charge in [0.25, 0.3) is 0 Å². The SMILES string of the molecule is C[C@H](c1ccccc1)N([C@H](C)c1ccccc1)[P@@]1N(c2ccccc2)C[C@@H]2CCCN21.[B]. The number of hydrogen-bond donors (Lipinski definition) is 0. The molecule has 0 amide bonds. The minimum atomic E-state index is -0.615. The van der Waals surface area contributed by atoms with Crippen LogP contribution in [-0.4, -0.2) is 36.9 Å². The van der Waals surface area contributed by atoms with Gasteiger partial charge in [0, 0.05) is 45.3 Å². The maximum absolute atomic E-state index is 2.82. The van der Waals surface area contributed by atoms with E-state index in [2.05, 4.69) is 119 Å². The quantitative estimate of drug-likeness (QED) is 0.314. The third-order valence-corrected chi connectivity index (χ3v) is 9.71. The van der Waals surface area contributed by atoms with Crippen molar-refractivity contribution in [2.24, 2.45) is 0 Å². The maximum Gasteiger partial charge on any atom is 0.150 e. The van der Waals surface area contributed by atoms with E-state index in [1.165, 1.54) is 36.2 Å². The van der Waals surface area contributed by atoms with E-state index in [1.54, 1.807) is 0 Å². The molecule has 2 aliphatic heterocycles. The standard InChI is InChI=1S/C27H32N3P.B/c1-22(24-13-6-3-7-14-24)30(23(2)25-15-8-4-9-16-25)31-28-20-12-19-27(28)21-29(31)26-17-10-5-11-18-26;/h3-11,13-18,22-23,27H,12,19-21H2,1-2H3;/t22-,23-,27+,31-;/m1./s1. The molecular formula is C27H32BN3P.